The van der Waals surface area contributed by atoms with E-state index in [-0.39, 0.29) is 5.63 Å². The van der Waals surface area contributed by atoms with E-state index in [0.717, 1.165) is 10.9 Å². The van der Waals surface area contributed by atoms with Crippen molar-refractivity contribution in [2.24, 2.45) is 0 Å². The lowest BCUT2D eigenvalue weighted by Gasteiger charge is -2.19. The number of para-hydroxylation sites is 1. The Hall–Kier alpha value is -1.55. The van der Waals surface area contributed by atoms with Crippen LogP contribution in [-0.4, -0.2) is 8.32 Å². The highest BCUT2D eigenvalue weighted by molar-refractivity contribution is 6.70. The predicted octanol–water partition coefficient (Wildman–Crippen LogP) is 3.32. The fourth-order valence-corrected chi connectivity index (χ4v) is 2.56. The average molecular weight is 248 g/mol. The van der Waals surface area contributed by atoms with Gasteiger partial charge in [-0.2, -0.15) is 0 Å². The topological polar surface area (TPSA) is 39.4 Å². The molecule has 1 aromatic heterocycles. The maximum atomic E-state index is 11.9. The van der Waals surface area contributed by atoms with Gasteiger partial charge in [0.1, 0.15) is 5.58 Å². The summed E-state index contributed by atoms with van der Waals surface area (Å²) in [6.45, 7) is 8.03. The molecule has 0 aliphatic heterocycles. The molecule has 0 aliphatic rings. The van der Waals surface area contributed by atoms with Crippen molar-refractivity contribution in [3.63, 3.8) is 0 Å². The van der Waals surface area contributed by atoms with Crippen LogP contribution in [0.5, 0.6) is 5.75 Å². The summed E-state index contributed by atoms with van der Waals surface area (Å²) < 4.78 is 11.1. The third-order valence-electron chi connectivity index (χ3n) is 2.43. The summed E-state index contributed by atoms with van der Waals surface area (Å²) in [5, 5.41) is 0.931. The zero-order valence-corrected chi connectivity index (χ0v) is 11.5. The first-order valence-corrected chi connectivity index (χ1v) is 9.01. The molecule has 0 aliphatic carbocycles. The minimum Gasteiger partial charge on any atom is -0.539 e. The summed E-state index contributed by atoms with van der Waals surface area (Å²) in [5.41, 5.74) is 1.08. The van der Waals surface area contributed by atoms with Crippen molar-refractivity contribution in [2.75, 3.05) is 0 Å². The molecule has 0 saturated carbocycles. The van der Waals surface area contributed by atoms with Gasteiger partial charge in [-0.25, -0.2) is 4.79 Å². The molecule has 0 bridgehead atoms. The zero-order valence-electron chi connectivity index (χ0n) is 10.5. The highest BCUT2D eigenvalue weighted by Crippen LogP contribution is 2.25. The van der Waals surface area contributed by atoms with Gasteiger partial charge in [-0.05, 0) is 32.6 Å². The second-order valence-corrected chi connectivity index (χ2v) is 9.48. The smallest absolute Gasteiger partial charge is 0.377 e. The van der Waals surface area contributed by atoms with Crippen molar-refractivity contribution < 1.29 is 8.84 Å². The van der Waals surface area contributed by atoms with Crippen LogP contribution in [0.1, 0.15) is 5.56 Å². The van der Waals surface area contributed by atoms with E-state index in [4.69, 9.17) is 8.84 Å². The number of benzene rings is 1. The SMILES string of the molecule is Cc1c(O[Si](C)(C)C)c(=O)oc2ccccc12. The van der Waals surface area contributed by atoms with Crippen LogP contribution in [0.3, 0.4) is 0 Å². The minimum atomic E-state index is -1.81. The number of aryl methyl sites for hydroxylation is 1. The van der Waals surface area contributed by atoms with E-state index in [1.807, 2.05) is 44.8 Å². The predicted molar refractivity (Wildman–Crippen MR) is 71.2 cm³/mol. The van der Waals surface area contributed by atoms with Gasteiger partial charge >= 0.3 is 5.63 Å². The Bertz CT molecular complexity index is 608. The molecule has 2 rings (SSSR count). The molecule has 0 atom stereocenters. The lowest BCUT2D eigenvalue weighted by Crippen LogP contribution is -2.32. The Morgan fingerprint density at radius 2 is 1.82 bits per heavy atom. The molecule has 17 heavy (non-hydrogen) atoms. The van der Waals surface area contributed by atoms with E-state index in [0.29, 0.717) is 11.3 Å². The van der Waals surface area contributed by atoms with E-state index in [1.54, 1.807) is 6.07 Å². The lowest BCUT2D eigenvalue weighted by molar-refractivity contribution is 0.478. The van der Waals surface area contributed by atoms with Gasteiger partial charge in [-0.1, -0.05) is 18.2 Å². The van der Waals surface area contributed by atoms with Crippen LogP contribution in [0.15, 0.2) is 33.5 Å². The van der Waals surface area contributed by atoms with Gasteiger partial charge in [0.05, 0.1) is 0 Å². The van der Waals surface area contributed by atoms with Crippen molar-refractivity contribution >= 4 is 19.3 Å². The Kier molecular flexibility index (Phi) is 2.83. The second kappa shape index (κ2) is 4.03. The van der Waals surface area contributed by atoms with Crippen LogP contribution >= 0.6 is 0 Å². The maximum Gasteiger partial charge on any atom is 0.377 e. The molecule has 0 fully saturated rings. The molecule has 4 heteroatoms. The first-order valence-electron chi connectivity index (χ1n) is 5.60. The van der Waals surface area contributed by atoms with E-state index in [2.05, 4.69) is 0 Å². The van der Waals surface area contributed by atoms with E-state index < -0.39 is 8.32 Å². The number of fused-ring (bicyclic) bond motifs is 1. The summed E-state index contributed by atoms with van der Waals surface area (Å²) in [6, 6.07) is 7.50. The standard InChI is InChI=1S/C13H16O3Si/c1-9-10-7-5-6-8-11(10)15-13(14)12(9)16-17(2,3)4/h5-8H,1-4H3. The van der Waals surface area contributed by atoms with Crippen LogP contribution in [0, 0.1) is 6.92 Å². The fourth-order valence-electron chi connectivity index (χ4n) is 1.71. The second-order valence-electron chi connectivity index (χ2n) is 5.05. The van der Waals surface area contributed by atoms with Crippen molar-refractivity contribution in [1.82, 2.24) is 0 Å². The first-order chi connectivity index (χ1) is 7.88. The third-order valence-corrected chi connectivity index (χ3v) is 3.24. The lowest BCUT2D eigenvalue weighted by atomic mass is 10.1. The van der Waals surface area contributed by atoms with Gasteiger partial charge in [0.25, 0.3) is 0 Å². The molecule has 90 valence electrons. The Morgan fingerprint density at radius 3 is 2.47 bits per heavy atom. The summed E-state index contributed by atoms with van der Waals surface area (Å²) in [5.74, 6) is 0.364. The summed E-state index contributed by atoms with van der Waals surface area (Å²) in [4.78, 5) is 11.9. The summed E-state index contributed by atoms with van der Waals surface area (Å²) in [6.07, 6.45) is 0. The average Bonchev–Trinajstić information content (AvgIpc) is 2.23. The molecule has 0 radical (unpaired) electrons. The highest BCUT2D eigenvalue weighted by atomic mass is 28.4. The van der Waals surface area contributed by atoms with Crippen molar-refractivity contribution in [3.8, 4) is 5.75 Å². The summed E-state index contributed by atoms with van der Waals surface area (Å²) >= 11 is 0. The minimum absolute atomic E-state index is 0.364. The quantitative estimate of drug-likeness (QED) is 0.604. The van der Waals surface area contributed by atoms with Crippen LogP contribution in [0.4, 0.5) is 0 Å². The van der Waals surface area contributed by atoms with Crippen LogP contribution in [-0.2, 0) is 0 Å². The Morgan fingerprint density at radius 1 is 1.18 bits per heavy atom. The molecule has 3 nitrogen and oxygen atoms in total. The van der Waals surface area contributed by atoms with E-state index in [9.17, 15) is 4.79 Å². The molecule has 0 saturated heterocycles. The highest BCUT2D eigenvalue weighted by Gasteiger charge is 2.21. The molecule has 1 heterocycles. The van der Waals surface area contributed by atoms with Crippen LogP contribution in [0.2, 0.25) is 19.6 Å². The molecule has 0 spiro atoms. The fraction of sp³-hybridized carbons (Fsp3) is 0.308. The van der Waals surface area contributed by atoms with Gasteiger partial charge in [0.15, 0.2) is 5.75 Å². The molecule has 0 unspecified atom stereocenters. The van der Waals surface area contributed by atoms with Gasteiger partial charge < -0.3 is 8.84 Å². The van der Waals surface area contributed by atoms with Crippen LogP contribution < -0.4 is 10.1 Å². The zero-order chi connectivity index (χ0) is 12.6. The number of hydrogen-bond donors (Lipinski definition) is 0. The van der Waals surface area contributed by atoms with Crippen molar-refractivity contribution in [2.45, 2.75) is 26.6 Å². The monoisotopic (exact) mass is 248 g/mol. The van der Waals surface area contributed by atoms with Gasteiger partial charge in [-0.15, -0.1) is 0 Å². The molecule has 0 amide bonds. The van der Waals surface area contributed by atoms with Gasteiger partial charge in [0.2, 0.25) is 8.32 Å². The van der Waals surface area contributed by atoms with E-state index >= 15 is 0 Å². The van der Waals surface area contributed by atoms with E-state index in [1.165, 1.54) is 0 Å². The maximum absolute atomic E-state index is 11.9. The number of hydrogen-bond acceptors (Lipinski definition) is 3. The Labute approximate surface area is 101 Å². The number of rotatable bonds is 2. The molecule has 2 aromatic rings. The molecule has 0 N–H and O–H groups in total. The summed E-state index contributed by atoms with van der Waals surface area (Å²) in [7, 11) is -1.81. The van der Waals surface area contributed by atoms with Crippen molar-refractivity contribution in [3.05, 3.63) is 40.2 Å². The largest absolute Gasteiger partial charge is 0.539 e. The normalized spacial score (nSPS) is 11.8. The Balaban J connectivity index is 2.68. The third kappa shape index (κ3) is 2.41. The van der Waals surface area contributed by atoms with Gasteiger partial charge in [-0.3, -0.25) is 0 Å². The van der Waals surface area contributed by atoms with Crippen LogP contribution in [0.25, 0.3) is 11.0 Å². The van der Waals surface area contributed by atoms with Crippen molar-refractivity contribution in [1.29, 1.82) is 0 Å². The first kappa shape index (κ1) is 11.9. The molecular weight excluding hydrogens is 232 g/mol. The molecular formula is C13H16O3Si. The molecule has 1 aromatic carbocycles. The van der Waals surface area contributed by atoms with Gasteiger partial charge in [0, 0.05) is 10.9 Å².